The highest BCUT2D eigenvalue weighted by atomic mass is 14.4. The second kappa shape index (κ2) is 11.2. The Kier molecular flexibility index (Phi) is 6.53. The molecular formula is C46H34. The lowest BCUT2D eigenvalue weighted by Gasteiger charge is -2.34. The van der Waals surface area contributed by atoms with E-state index in [0.29, 0.717) is 5.92 Å². The molecule has 0 saturated carbocycles. The van der Waals surface area contributed by atoms with Crippen LogP contribution < -0.4 is 10.4 Å². The smallest absolute Gasteiger partial charge is 0.0137 e. The van der Waals surface area contributed by atoms with Crippen molar-refractivity contribution >= 4 is 32.7 Å². The molecule has 0 nitrogen and oxygen atoms in total. The van der Waals surface area contributed by atoms with Gasteiger partial charge in [0.1, 0.15) is 0 Å². The van der Waals surface area contributed by atoms with Crippen molar-refractivity contribution in [2.75, 3.05) is 0 Å². The summed E-state index contributed by atoms with van der Waals surface area (Å²) >= 11 is 0. The minimum atomic E-state index is 0.223. The molecule has 6 aromatic carbocycles. The van der Waals surface area contributed by atoms with Crippen molar-refractivity contribution in [1.29, 1.82) is 0 Å². The van der Waals surface area contributed by atoms with E-state index in [9.17, 15) is 0 Å². The summed E-state index contributed by atoms with van der Waals surface area (Å²) in [4.78, 5) is 0. The lowest BCUT2D eigenvalue weighted by atomic mass is 9.69. The van der Waals surface area contributed by atoms with E-state index in [2.05, 4.69) is 176 Å². The van der Waals surface area contributed by atoms with Crippen LogP contribution in [0.3, 0.4) is 0 Å². The average Bonchev–Trinajstić information content (AvgIpc) is 3.14. The Morgan fingerprint density at radius 2 is 1.07 bits per heavy atom. The molecular weight excluding hydrogens is 553 g/mol. The standard InChI is InChI=1S/C46H34/c1-3-15-31(16-4-1)34-27-35(32-17-5-2-6-18-32)29-36(28-34)45-40-23-11-13-25-42(40)46(43-26-14-12-24-41(43)45)44-30-33-19-7-8-20-37(33)38-21-9-10-22-39(38)44/h1-17,19-30,32,40,42H,18H2. The zero-order valence-electron chi connectivity index (χ0n) is 25.7. The van der Waals surface area contributed by atoms with Gasteiger partial charge in [0.05, 0.1) is 0 Å². The Labute approximate surface area is 270 Å². The lowest BCUT2D eigenvalue weighted by Crippen LogP contribution is -2.40. The van der Waals surface area contributed by atoms with Gasteiger partial charge in [-0.05, 0) is 89.5 Å². The quantitative estimate of drug-likeness (QED) is 0.180. The van der Waals surface area contributed by atoms with Crippen molar-refractivity contribution in [3.63, 3.8) is 0 Å². The topological polar surface area (TPSA) is 0 Å². The van der Waals surface area contributed by atoms with Crippen LogP contribution in [0.2, 0.25) is 0 Å². The van der Waals surface area contributed by atoms with E-state index < -0.39 is 0 Å². The Balaban J connectivity index is 1.38. The highest BCUT2D eigenvalue weighted by Gasteiger charge is 2.33. The van der Waals surface area contributed by atoms with Gasteiger partial charge < -0.3 is 0 Å². The maximum Gasteiger partial charge on any atom is 0.0137 e. The minimum Gasteiger partial charge on any atom is -0.0836 e. The molecule has 218 valence electrons. The van der Waals surface area contributed by atoms with Crippen LogP contribution in [-0.2, 0) is 0 Å². The van der Waals surface area contributed by atoms with Gasteiger partial charge >= 0.3 is 0 Å². The van der Waals surface area contributed by atoms with Gasteiger partial charge in [-0.25, -0.2) is 0 Å². The van der Waals surface area contributed by atoms with E-state index in [-0.39, 0.29) is 11.8 Å². The van der Waals surface area contributed by atoms with Crippen molar-refractivity contribution < 1.29 is 0 Å². The number of hydrogen-bond acceptors (Lipinski definition) is 0. The van der Waals surface area contributed by atoms with E-state index in [1.54, 1.807) is 0 Å². The number of allylic oxidation sites excluding steroid dienone is 8. The van der Waals surface area contributed by atoms with Gasteiger partial charge in [0, 0.05) is 17.8 Å². The molecule has 9 rings (SSSR count). The van der Waals surface area contributed by atoms with Crippen LogP contribution in [0.4, 0.5) is 0 Å². The van der Waals surface area contributed by atoms with Gasteiger partial charge in [-0.1, -0.05) is 164 Å². The molecule has 3 aliphatic carbocycles. The predicted molar refractivity (Wildman–Crippen MR) is 195 cm³/mol. The molecule has 0 bridgehead atoms. The molecule has 3 aliphatic rings. The van der Waals surface area contributed by atoms with Crippen molar-refractivity contribution in [3.8, 4) is 11.1 Å². The molecule has 0 saturated heterocycles. The summed E-state index contributed by atoms with van der Waals surface area (Å²) < 4.78 is 0. The molecule has 0 heteroatoms. The Morgan fingerprint density at radius 1 is 0.435 bits per heavy atom. The van der Waals surface area contributed by atoms with Gasteiger partial charge in [0.25, 0.3) is 0 Å². The SMILES string of the molecule is C1=CCC(c2cc(C3=c4ccccc4=C(c4cc5ccccc5c5ccccc45)C4C=CC=CC34)cc(-c3ccccc3)c2)C=C1. The fourth-order valence-corrected chi connectivity index (χ4v) is 8.07. The van der Waals surface area contributed by atoms with Crippen molar-refractivity contribution in [1.82, 2.24) is 0 Å². The number of rotatable bonds is 4. The molecule has 46 heavy (non-hydrogen) atoms. The lowest BCUT2D eigenvalue weighted by molar-refractivity contribution is 0.687. The van der Waals surface area contributed by atoms with Crippen molar-refractivity contribution in [2.45, 2.75) is 12.3 Å². The van der Waals surface area contributed by atoms with Gasteiger partial charge in [-0.3, -0.25) is 0 Å². The molecule has 0 amide bonds. The second-order valence-corrected chi connectivity index (χ2v) is 12.8. The van der Waals surface area contributed by atoms with Crippen LogP contribution in [0.1, 0.15) is 29.0 Å². The van der Waals surface area contributed by atoms with Crippen molar-refractivity contribution in [2.24, 2.45) is 11.8 Å². The Bertz CT molecular complexity index is 2400. The molecule has 0 spiro atoms. The monoisotopic (exact) mass is 586 g/mol. The third-order valence-corrected chi connectivity index (χ3v) is 10.1. The zero-order valence-corrected chi connectivity index (χ0v) is 25.7. The van der Waals surface area contributed by atoms with Crippen LogP contribution in [0.25, 0.3) is 43.8 Å². The highest BCUT2D eigenvalue weighted by molar-refractivity contribution is 6.12. The van der Waals surface area contributed by atoms with Gasteiger partial charge in [0.15, 0.2) is 0 Å². The summed E-state index contributed by atoms with van der Waals surface area (Å²) in [5, 5.41) is 7.92. The van der Waals surface area contributed by atoms with Crippen LogP contribution in [0.5, 0.6) is 0 Å². The molecule has 0 radical (unpaired) electrons. The summed E-state index contributed by atoms with van der Waals surface area (Å²) in [6.45, 7) is 0. The van der Waals surface area contributed by atoms with Crippen LogP contribution >= 0.6 is 0 Å². The van der Waals surface area contributed by atoms with E-state index in [1.807, 2.05) is 0 Å². The fourth-order valence-electron chi connectivity index (χ4n) is 8.07. The zero-order chi connectivity index (χ0) is 30.5. The first kappa shape index (κ1) is 26.9. The highest BCUT2D eigenvalue weighted by Crippen LogP contribution is 2.44. The molecule has 0 aromatic heterocycles. The first-order valence-corrected chi connectivity index (χ1v) is 16.5. The maximum atomic E-state index is 2.48. The minimum absolute atomic E-state index is 0.223. The third-order valence-electron chi connectivity index (χ3n) is 10.1. The average molecular weight is 587 g/mol. The molecule has 0 fully saturated rings. The van der Waals surface area contributed by atoms with Gasteiger partial charge in [-0.2, -0.15) is 0 Å². The predicted octanol–water partition coefficient (Wildman–Crippen LogP) is 10.0. The van der Waals surface area contributed by atoms with E-state index in [1.165, 1.54) is 70.9 Å². The normalized spacial score (nSPS) is 19.9. The second-order valence-electron chi connectivity index (χ2n) is 12.8. The van der Waals surface area contributed by atoms with Crippen LogP contribution in [0, 0.1) is 11.8 Å². The molecule has 0 aliphatic heterocycles. The van der Waals surface area contributed by atoms with Crippen LogP contribution in [0.15, 0.2) is 176 Å². The molecule has 0 N–H and O–H groups in total. The number of hydrogen-bond donors (Lipinski definition) is 0. The van der Waals surface area contributed by atoms with E-state index >= 15 is 0 Å². The van der Waals surface area contributed by atoms with Gasteiger partial charge in [-0.15, -0.1) is 0 Å². The summed E-state index contributed by atoms with van der Waals surface area (Å²) in [7, 11) is 0. The van der Waals surface area contributed by atoms with Gasteiger partial charge in [0.2, 0.25) is 0 Å². The summed E-state index contributed by atoms with van der Waals surface area (Å²) in [5.41, 5.74) is 9.43. The van der Waals surface area contributed by atoms with E-state index in [0.717, 1.165) is 6.42 Å². The molecule has 0 heterocycles. The van der Waals surface area contributed by atoms with E-state index in [4.69, 9.17) is 0 Å². The summed E-state index contributed by atoms with van der Waals surface area (Å²) in [5.74, 6) is 0.817. The maximum absolute atomic E-state index is 2.48. The van der Waals surface area contributed by atoms with Crippen LogP contribution in [-0.4, -0.2) is 0 Å². The molecule has 3 atom stereocenters. The first-order valence-electron chi connectivity index (χ1n) is 16.5. The number of fused-ring (bicyclic) bond motifs is 5. The molecule has 3 unspecified atom stereocenters. The largest absolute Gasteiger partial charge is 0.0836 e. The fraction of sp³-hybridized carbons (Fsp3) is 0.0870. The number of benzene rings is 6. The first-order chi connectivity index (χ1) is 22.8. The van der Waals surface area contributed by atoms with Crippen molar-refractivity contribution in [3.05, 3.63) is 203 Å². The Hall–Kier alpha value is -5.46. The Morgan fingerprint density at radius 3 is 1.85 bits per heavy atom. The summed E-state index contributed by atoms with van der Waals surface area (Å²) in [6, 6.07) is 47.6. The molecule has 6 aromatic rings. The third kappa shape index (κ3) is 4.44. The summed E-state index contributed by atoms with van der Waals surface area (Å²) in [6.07, 6.45) is 19.4.